The first kappa shape index (κ1) is 20.8. The fraction of sp³-hybridized carbons (Fsp3) is 0.478. The number of hydrogen-bond donors (Lipinski definition) is 1. The van der Waals surface area contributed by atoms with E-state index in [-0.39, 0.29) is 17.8 Å². The van der Waals surface area contributed by atoms with E-state index in [1.54, 1.807) is 24.4 Å². The van der Waals surface area contributed by atoms with E-state index in [4.69, 9.17) is 9.47 Å². The number of amides is 1. The molecule has 0 radical (unpaired) electrons. The lowest BCUT2D eigenvalue weighted by Gasteiger charge is -2.34. The van der Waals surface area contributed by atoms with Crippen LogP contribution in [0.5, 0.6) is 5.88 Å². The van der Waals surface area contributed by atoms with Crippen LogP contribution in [0.1, 0.15) is 42.9 Å². The number of nitrogens with one attached hydrogen (secondary N) is 1. The van der Waals surface area contributed by atoms with Crippen molar-refractivity contribution in [3.8, 4) is 5.88 Å². The maximum atomic E-state index is 14.5. The average Bonchev–Trinajstić information content (AvgIpc) is 3.29. The van der Waals surface area contributed by atoms with Gasteiger partial charge in [-0.1, -0.05) is 24.3 Å². The van der Waals surface area contributed by atoms with Crippen LogP contribution < -0.4 is 10.1 Å². The van der Waals surface area contributed by atoms with Crippen molar-refractivity contribution in [1.82, 2.24) is 15.2 Å². The molecule has 0 bridgehead atoms. The van der Waals surface area contributed by atoms with Gasteiger partial charge in [0.05, 0.1) is 13.2 Å². The molecule has 1 unspecified atom stereocenters. The van der Waals surface area contributed by atoms with E-state index < -0.39 is 6.04 Å². The number of rotatable bonds is 7. The van der Waals surface area contributed by atoms with Gasteiger partial charge in [-0.25, -0.2) is 9.37 Å². The molecule has 6 nitrogen and oxygen atoms in total. The van der Waals surface area contributed by atoms with Gasteiger partial charge in [0.25, 0.3) is 0 Å². The molecule has 0 spiro atoms. The standard InChI is InChI=1S/C23H28FN3O3/c24-20-8-4-3-7-19(20)22(27-11-13-29-14-12-27)23(28)26-16-17-9-10-21(25-15-17)30-18-5-1-2-6-18/h3-4,7-10,15,18,22H,1-2,5-6,11-14,16H2,(H,26,28). The number of hydrogen-bond acceptors (Lipinski definition) is 5. The van der Waals surface area contributed by atoms with E-state index in [1.165, 1.54) is 18.9 Å². The molecule has 1 amide bonds. The van der Waals surface area contributed by atoms with Gasteiger partial charge < -0.3 is 14.8 Å². The largest absolute Gasteiger partial charge is 0.474 e. The zero-order valence-corrected chi connectivity index (χ0v) is 17.1. The first-order chi connectivity index (χ1) is 14.7. The minimum atomic E-state index is -0.687. The molecule has 1 saturated heterocycles. The van der Waals surface area contributed by atoms with Crippen LogP contribution in [0.15, 0.2) is 42.6 Å². The molecule has 2 fully saturated rings. The Hall–Kier alpha value is -2.51. The lowest BCUT2D eigenvalue weighted by Crippen LogP contribution is -2.46. The van der Waals surface area contributed by atoms with Crippen LogP contribution in [0, 0.1) is 5.82 Å². The summed E-state index contributed by atoms with van der Waals surface area (Å²) in [7, 11) is 0. The Kier molecular flexibility index (Phi) is 6.92. The van der Waals surface area contributed by atoms with Crippen molar-refractivity contribution in [3.05, 3.63) is 59.5 Å². The van der Waals surface area contributed by atoms with Crippen molar-refractivity contribution in [2.24, 2.45) is 0 Å². The minimum absolute atomic E-state index is 0.228. The monoisotopic (exact) mass is 413 g/mol. The van der Waals surface area contributed by atoms with Crippen molar-refractivity contribution in [2.75, 3.05) is 26.3 Å². The number of morpholine rings is 1. The molecule has 1 aliphatic carbocycles. The molecule has 7 heteroatoms. The van der Waals surface area contributed by atoms with Gasteiger partial charge in [-0.3, -0.25) is 9.69 Å². The lowest BCUT2D eigenvalue weighted by molar-refractivity contribution is -0.128. The highest BCUT2D eigenvalue weighted by Gasteiger charge is 2.30. The molecule has 1 aromatic carbocycles. The topological polar surface area (TPSA) is 63.7 Å². The zero-order valence-electron chi connectivity index (χ0n) is 17.1. The molecule has 2 aromatic rings. The van der Waals surface area contributed by atoms with Crippen LogP contribution in [0.2, 0.25) is 0 Å². The summed E-state index contributed by atoms with van der Waals surface area (Å²) in [4.78, 5) is 19.4. The summed E-state index contributed by atoms with van der Waals surface area (Å²) in [6.45, 7) is 2.56. The quantitative estimate of drug-likeness (QED) is 0.755. The van der Waals surface area contributed by atoms with Crippen LogP contribution in [0.4, 0.5) is 4.39 Å². The Morgan fingerprint density at radius 1 is 1.20 bits per heavy atom. The summed E-state index contributed by atoms with van der Waals surface area (Å²) in [6, 6.07) is 9.52. The third-order valence-corrected chi connectivity index (χ3v) is 5.71. The Labute approximate surface area is 176 Å². The maximum Gasteiger partial charge on any atom is 0.242 e. The molecule has 1 aliphatic heterocycles. The van der Waals surface area contributed by atoms with E-state index in [1.807, 2.05) is 17.0 Å². The minimum Gasteiger partial charge on any atom is -0.474 e. The number of nitrogens with zero attached hydrogens (tertiary/aromatic N) is 2. The van der Waals surface area contributed by atoms with Gasteiger partial charge >= 0.3 is 0 Å². The van der Waals surface area contributed by atoms with E-state index >= 15 is 0 Å². The van der Waals surface area contributed by atoms with E-state index in [2.05, 4.69) is 10.3 Å². The highest BCUT2D eigenvalue weighted by molar-refractivity contribution is 5.83. The number of benzene rings is 1. The molecular weight excluding hydrogens is 385 g/mol. The Morgan fingerprint density at radius 3 is 2.67 bits per heavy atom. The summed E-state index contributed by atoms with van der Waals surface area (Å²) in [6.07, 6.45) is 6.56. The Morgan fingerprint density at radius 2 is 1.97 bits per heavy atom. The summed E-state index contributed by atoms with van der Waals surface area (Å²) in [5, 5.41) is 2.95. The smallest absolute Gasteiger partial charge is 0.242 e. The van der Waals surface area contributed by atoms with Crippen LogP contribution in [0.3, 0.4) is 0 Å². The van der Waals surface area contributed by atoms with Gasteiger partial charge in [0.1, 0.15) is 18.0 Å². The first-order valence-electron chi connectivity index (χ1n) is 10.7. The van der Waals surface area contributed by atoms with Crippen LogP contribution >= 0.6 is 0 Å². The second-order valence-electron chi connectivity index (χ2n) is 7.82. The molecular formula is C23H28FN3O3. The van der Waals surface area contributed by atoms with Gasteiger partial charge in [-0.15, -0.1) is 0 Å². The van der Waals surface area contributed by atoms with Crippen molar-refractivity contribution in [1.29, 1.82) is 0 Å². The molecule has 4 rings (SSSR count). The second-order valence-corrected chi connectivity index (χ2v) is 7.82. The highest BCUT2D eigenvalue weighted by Crippen LogP contribution is 2.25. The van der Waals surface area contributed by atoms with Crippen LogP contribution in [0.25, 0.3) is 0 Å². The van der Waals surface area contributed by atoms with Crippen LogP contribution in [-0.2, 0) is 16.1 Å². The average molecular weight is 413 g/mol. The summed E-state index contributed by atoms with van der Waals surface area (Å²) in [5.74, 6) is 0.0158. The SMILES string of the molecule is O=C(NCc1ccc(OC2CCCC2)nc1)C(c1ccccc1F)N1CCOCC1. The summed E-state index contributed by atoms with van der Waals surface area (Å²) < 4.78 is 25.8. The normalized spacial score (nSPS) is 18.8. The van der Waals surface area contributed by atoms with Crippen molar-refractivity contribution >= 4 is 5.91 Å². The molecule has 1 aromatic heterocycles. The summed E-state index contributed by atoms with van der Waals surface area (Å²) >= 11 is 0. The number of aromatic nitrogens is 1. The summed E-state index contributed by atoms with van der Waals surface area (Å²) in [5.41, 5.74) is 1.26. The predicted molar refractivity (Wildman–Crippen MR) is 111 cm³/mol. The van der Waals surface area contributed by atoms with Gasteiger partial charge in [-0.2, -0.15) is 0 Å². The number of carbonyl (C=O) groups excluding carboxylic acids is 1. The first-order valence-corrected chi connectivity index (χ1v) is 10.7. The maximum absolute atomic E-state index is 14.5. The zero-order chi connectivity index (χ0) is 20.8. The predicted octanol–water partition coefficient (Wildman–Crippen LogP) is 3.23. The number of halogens is 1. The molecule has 160 valence electrons. The molecule has 1 N–H and O–H groups in total. The van der Waals surface area contributed by atoms with E-state index in [0.717, 1.165) is 18.4 Å². The van der Waals surface area contributed by atoms with Gasteiger partial charge in [-0.05, 0) is 37.3 Å². The molecule has 2 aliphatic rings. The highest BCUT2D eigenvalue weighted by atomic mass is 19.1. The van der Waals surface area contributed by atoms with E-state index in [0.29, 0.717) is 44.3 Å². The lowest BCUT2D eigenvalue weighted by atomic mass is 10.0. The fourth-order valence-electron chi connectivity index (χ4n) is 4.08. The third kappa shape index (κ3) is 5.15. The van der Waals surface area contributed by atoms with Gasteiger partial charge in [0, 0.05) is 37.5 Å². The molecule has 1 atom stereocenters. The van der Waals surface area contributed by atoms with Crippen LogP contribution in [-0.4, -0.2) is 48.2 Å². The van der Waals surface area contributed by atoms with Gasteiger partial charge in [0.15, 0.2) is 0 Å². The third-order valence-electron chi connectivity index (χ3n) is 5.71. The van der Waals surface area contributed by atoms with E-state index in [9.17, 15) is 9.18 Å². The molecule has 30 heavy (non-hydrogen) atoms. The fourth-order valence-corrected chi connectivity index (χ4v) is 4.08. The molecule has 1 saturated carbocycles. The Bertz CT molecular complexity index is 834. The number of pyridine rings is 1. The van der Waals surface area contributed by atoms with Gasteiger partial charge in [0.2, 0.25) is 11.8 Å². The number of carbonyl (C=O) groups is 1. The second kappa shape index (κ2) is 10.00. The number of ether oxygens (including phenoxy) is 2. The van der Waals surface area contributed by atoms with Crippen molar-refractivity contribution in [2.45, 2.75) is 44.4 Å². The Balaban J connectivity index is 1.40. The van der Waals surface area contributed by atoms with Crippen molar-refractivity contribution in [3.63, 3.8) is 0 Å². The molecule has 2 heterocycles. The van der Waals surface area contributed by atoms with Crippen molar-refractivity contribution < 1.29 is 18.7 Å².